The number of ether oxygens (including phenoxy) is 1. The predicted octanol–water partition coefficient (Wildman–Crippen LogP) is 0.407. The van der Waals surface area contributed by atoms with E-state index in [1.165, 1.54) is 0 Å². The summed E-state index contributed by atoms with van der Waals surface area (Å²) in [7, 11) is 0.503. The van der Waals surface area contributed by atoms with Crippen molar-refractivity contribution < 1.29 is 14.0 Å². The maximum atomic E-state index is 10.7. The first-order valence-corrected chi connectivity index (χ1v) is 5.27. The van der Waals surface area contributed by atoms with E-state index in [-0.39, 0.29) is 5.97 Å². The van der Waals surface area contributed by atoms with Gasteiger partial charge in [-0.1, -0.05) is 13.3 Å². The minimum absolute atomic E-state index is 0.0965. The van der Waals surface area contributed by atoms with Crippen LogP contribution in [0.3, 0.4) is 0 Å². The van der Waals surface area contributed by atoms with Crippen LogP contribution in [-0.4, -0.2) is 29.7 Å². The van der Waals surface area contributed by atoms with Crippen LogP contribution in [0, 0.1) is 0 Å². The van der Waals surface area contributed by atoms with E-state index in [1.807, 2.05) is 0 Å². The van der Waals surface area contributed by atoms with E-state index >= 15 is 0 Å². The first-order chi connectivity index (χ1) is 5.81. The van der Waals surface area contributed by atoms with Gasteiger partial charge in [-0.3, -0.25) is 4.79 Å². The van der Waals surface area contributed by atoms with Gasteiger partial charge in [0.2, 0.25) is 10.5 Å². The molecule has 0 rings (SSSR count). The van der Waals surface area contributed by atoms with E-state index in [1.54, 1.807) is 0 Å². The Morgan fingerprint density at radius 2 is 2.00 bits per heavy atom. The second kappa shape index (κ2) is 8.74. The standard InChI is InChI=1S/C8H18O3Si/c1-2-3-6-10-7-4-5-8(9)11-12/h2-7H2,1,12H3. The molecule has 0 aromatic carbocycles. The lowest BCUT2D eigenvalue weighted by atomic mass is 10.3. The highest BCUT2D eigenvalue weighted by Gasteiger charge is 1.97. The normalized spacial score (nSPS) is 10.1. The Kier molecular flexibility index (Phi) is 8.48. The lowest BCUT2D eigenvalue weighted by Crippen LogP contribution is -2.04. The van der Waals surface area contributed by atoms with Crippen molar-refractivity contribution in [2.45, 2.75) is 32.6 Å². The molecule has 0 bridgehead atoms. The third kappa shape index (κ3) is 7.75. The fourth-order valence-corrected chi connectivity index (χ4v) is 0.973. The summed E-state index contributed by atoms with van der Waals surface area (Å²) in [4.78, 5) is 10.7. The number of carbonyl (C=O) groups is 1. The minimum atomic E-state index is -0.0965. The van der Waals surface area contributed by atoms with Crippen molar-refractivity contribution in [2.75, 3.05) is 13.2 Å². The smallest absolute Gasteiger partial charge is 0.291 e. The lowest BCUT2D eigenvalue weighted by Gasteiger charge is -2.02. The average Bonchev–Trinajstić information content (AvgIpc) is 2.10. The van der Waals surface area contributed by atoms with Gasteiger partial charge in [0, 0.05) is 19.6 Å². The molecule has 0 N–H and O–H groups in total. The lowest BCUT2D eigenvalue weighted by molar-refractivity contribution is -0.134. The number of hydrogen-bond acceptors (Lipinski definition) is 3. The van der Waals surface area contributed by atoms with Crippen LogP contribution < -0.4 is 0 Å². The first kappa shape index (κ1) is 11.6. The molecule has 0 fully saturated rings. The van der Waals surface area contributed by atoms with Crippen LogP contribution in [0.2, 0.25) is 0 Å². The molecule has 0 amide bonds. The summed E-state index contributed by atoms with van der Waals surface area (Å²) in [5.74, 6) is -0.0965. The van der Waals surface area contributed by atoms with Crippen LogP contribution in [0.15, 0.2) is 0 Å². The Hall–Kier alpha value is -0.353. The van der Waals surface area contributed by atoms with Gasteiger partial charge >= 0.3 is 0 Å². The third-order valence-corrected chi connectivity index (χ3v) is 1.99. The van der Waals surface area contributed by atoms with Crippen LogP contribution in [-0.2, 0) is 14.0 Å². The number of carbonyl (C=O) groups excluding carboxylic acids is 1. The van der Waals surface area contributed by atoms with E-state index in [9.17, 15) is 4.79 Å². The van der Waals surface area contributed by atoms with Gasteiger partial charge in [-0.25, -0.2) is 0 Å². The summed E-state index contributed by atoms with van der Waals surface area (Å²) in [5, 5.41) is 0. The molecule has 0 spiro atoms. The van der Waals surface area contributed by atoms with Crippen LogP contribution in [0.1, 0.15) is 32.6 Å². The van der Waals surface area contributed by atoms with Crippen LogP contribution >= 0.6 is 0 Å². The summed E-state index contributed by atoms with van der Waals surface area (Å²) >= 11 is 0. The van der Waals surface area contributed by atoms with Gasteiger partial charge < -0.3 is 9.16 Å². The highest BCUT2D eigenvalue weighted by Crippen LogP contribution is 1.94. The van der Waals surface area contributed by atoms with Crippen LogP contribution in [0.25, 0.3) is 0 Å². The quantitative estimate of drug-likeness (QED) is 0.431. The van der Waals surface area contributed by atoms with Gasteiger partial charge in [-0.2, -0.15) is 0 Å². The van der Waals surface area contributed by atoms with E-state index in [0.717, 1.165) is 25.9 Å². The van der Waals surface area contributed by atoms with Crippen LogP contribution in [0.4, 0.5) is 0 Å². The van der Waals surface area contributed by atoms with Gasteiger partial charge in [0.25, 0.3) is 5.97 Å². The van der Waals surface area contributed by atoms with E-state index in [4.69, 9.17) is 4.74 Å². The highest BCUT2D eigenvalue weighted by atomic mass is 28.2. The van der Waals surface area contributed by atoms with Crippen molar-refractivity contribution in [2.24, 2.45) is 0 Å². The Balaban J connectivity index is 2.95. The molecule has 0 atom stereocenters. The molecule has 4 heteroatoms. The number of unbranched alkanes of at least 4 members (excludes halogenated alkanes) is 1. The van der Waals surface area contributed by atoms with Crippen molar-refractivity contribution in [3.8, 4) is 0 Å². The Bertz CT molecular complexity index is 117. The van der Waals surface area contributed by atoms with E-state index < -0.39 is 0 Å². The maximum Gasteiger partial charge on any atom is 0.291 e. The molecule has 0 saturated heterocycles. The predicted molar refractivity (Wildman–Crippen MR) is 51.0 cm³/mol. The zero-order chi connectivity index (χ0) is 9.23. The van der Waals surface area contributed by atoms with Crippen molar-refractivity contribution >= 4 is 16.5 Å². The molecule has 3 nitrogen and oxygen atoms in total. The maximum absolute atomic E-state index is 10.7. The molecule has 72 valence electrons. The minimum Gasteiger partial charge on any atom is -0.529 e. The molecular formula is C8H18O3Si. The third-order valence-electron chi connectivity index (χ3n) is 1.54. The fraction of sp³-hybridized carbons (Fsp3) is 0.875. The zero-order valence-electron chi connectivity index (χ0n) is 7.97. The fourth-order valence-electron chi connectivity index (χ4n) is 0.769. The average molecular weight is 190 g/mol. The van der Waals surface area contributed by atoms with Crippen molar-refractivity contribution in [1.29, 1.82) is 0 Å². The summed E-state index contributed by atoms with van der Waals surface area (Å²) in [6, 6.07) is 0. The Labute approximate surface area is 77.0 Å². The molecule has 0 unspecified atom stereocenters. The second-order valence-corrected chi connectivity index (χ2v) is 3.05. The molecular weight excluding hydrogens is 172 g/mol. The second-order valence-electron chi connectivity index (χ2n) is 2.65. The van der Waals surface area contributed by atoms with Gasteiger partial charge in [-0.15, -0.1) is 0 Å². The van der Waals surface area contributed by atoms with Gasteiger partial charge in [0.1, 0.15) is 0 Å². The topological polar surface area (TPSA) is 35.5 Å². The summed E-state index contributed by atoms with van der Waals surface area (Å²) in [6.07, 6.45) is 3.54. The number of rotatable bonds is 7. The molecule has 0 radical (unpaired) electrons. The highest BCUT2D eigenvalue weighted by molar-refractivity contribution is 6.05. The monoisotopic (exact) mass is 190 g/mol. The summed E-state index contributed by atoms with van der Waals surface area (Å²) in [5.41, 5.74) is 0. The SMILES string of the molecule is CCCCOCCCC(=O)O[SiH3]. The van der Waals surface area contributed by atoms with E-state index in [0.29, 0.717) is 23.5 Å². The molecule has 0 aliphatic heterocycles. The zero-order valence-corrected chi connectivity index (χ0v) is 9.97. The van der Waals surface area contributed by atoms with Crippen molar-refractivity contribution in [1.82, 2.24) is 0 Å². The largest absolute Gasteiger partial charge is 0.529 e. The first-order valence-electron chi connectivity index (χ1n) is 4.45. The molecule has 0 aromatic rings. The van der Waals surface area contributed by atoms with Crippen molar-refractivity contribution in [3.05, 3.63) is 0 Å². The number of hydrogen-bond donors (Lipinski definition) is 0. The molecule has 0 heterocycles. The molecule has 0 saturated carbocycles. The summed E-state index contributed by atoms with van der Waals surface area (Å²) in [6.45, 7) is 3.62. The van der Waals surface area contributed by atoms with Gasteiger partial charge in [0.15, 0.2) is 0 Å². The van der Waals surface area contributed by atoms with Gasteiger partial charge in [-0.05, 0) is 12.8 Å². The summed E-state index contributed by atoms with van der Waals surface area (Å²) < 4.78 is 9.89. The Morgan fingerprint density at radius 1 is 1.33 bits per heavy atom. The Morgan fingerprint density at radius 3 is 2.58 bits per heavy atom. The van der Waals surface area contributed by atoms with Crippen molar-refractivity contribution in [3.63, 3.8) is 0 Å². The molecule has 12 heavy (non-hydrogen) atoms. The van der Waals surface area contributed by atoms with Gasteiger partial charge in [0.05, 0.1) is 0 Å². The molecule has 0 aliphatic rings. The molecule has 0 aromatic heterocycles. The molecule has 0 aliphatic carbocycles. The van der Waals surface area contributed by atoms with E-state index in [2.05, 4.69) is 11.3 Å². The van der Waals surface area contributed by atoms with Crippen LogP contribution in [0.5, 0.6) is 0 Å².